The average molecular weight is 401 g/mol. The van der Waals surface area contributed by atoms with Crippen molar-refractivity contribution in [3.05, 3.63) is 34.9 Å². The molecule has 3 aliphatic heterocycles. The van der Waals surface area contributed by atoms with Crippen molar-refractivity contribution in [1.82, 2.24) is 26.2 Å². The van der Waals surface area contributed by atoms with E-state index in [1.54, 1.807) is 4.90 Å². The molecule has 1 aromatic rings. The third kappa shape index (κ3) is 4.42. The number of rotatable bonds is 4. The summed E-state index contributed by atoms with van der Waals surface area (Å²) in [5, 5.41) is 22.1. The second-order valence-electron chi connectivity index (χ2n) is 7.90. The lowest BCUT2D eigenvalue weighted by atomic mass is 10.0. The number of carbonyl (C=O) groups excluding carboxylic acids is 3. The van der Waals surface area contributed by atoms with Crippen molar-refractivity contribution in [2.75, 3.05) is 13.1 Å². The van der Waals surface area contributed by atoms with Crippen molar-refractivity contribution in [2.24, 2.45) is 0 Å². The Hall–Kier alpha value is -2.49. The van der Waals surface area contributed by atoms with Crippen molar-refractivity contribution >= 4 is 17.8 Å². The molecule has 0 bridgehead atoms. The van der Waals surface area contributed by atoms with Crippen LogP contribution in [-0.2, 0) is 22.7 Å². The normalized spacial score (nSPS) is 25.4. The number of hydrogen-bond donors (Lipinski definition) is 5. The van der Waals surface area contributed by atoms with Crippen LogP contribution in [0.5, 0.6) is 0 Å². The molecule has 29 heavy (non-hydrogen) atoms. The molecule has 5 N–H and O–H groups in total. The minimum absolute atomic E-state index is 0.178. The number of aliphatic hydroxyl groups excluding tert-OH is 1. The van der Waals surface area contributed by atoms with Gasteiger partial charge in [-0.05, 0) is 49.0 Å². The van der Waals surface area contributed by atoms with Gasteiger partial charge in [-0.3, -0.25) is 19.8 Å². The van der Waals surface area contributed by atoms with Gasteiger partial charge in [-0.15, -0.1) is 0 Å². The highest BCUT2D eigenvalue weighted by Gasteiger charge is 2.39. The number of urea groups is 1. The van der Waals surface area contributed by atoms with Crippen LogP contribution in [-0.4, -0.2) is 53.0 Å². The fourth-order valence-electron chi connectivity index (χ4n) is 4.28. The van der Waals surface area contributed by atoms with E-state index in [1.807, 2.05) is 18.2 Å². The van der Waals surface area contributed by atoms with E-state index in [0.717, 1.165) is 42.6 Å². The van der Waals surface area contributed by atoms with E-state index in [-0.39, 0.29) is 30.3 Å². The Morgan fingerprint density at radius 2 is 2.00 bits per heavy atom. The number of imide groups is 1. The van der Waals surface area contributed by atoms with Crippen molar-refractivity contribution in [2.45, 2.75) is 57.1 Å². The van der Waals surface area contributed by atoms with Crippen molar-refractivity contribution in [1.29, 1.82) is 0 Å². The average Bonchev–Trinajstić information content (AvgIpc) is 3.03. The van der Waals surface area contributed by atoms with Crippen LogP contribution in [0.4, 0.5) is 4.79 Å². The van der Waals surface area contributed by atoms with Gasteiger partial charge in [-0.1, -0.05) is 18.2 Å². The molecule has 3 heterocycles. The van der Waals surface area contributed by atoms with E-state index in [4.69, 9.17) is 0 Å². The first-order chi connectivity index (χ1) is 14.0. The van der Waals surface area contributed by atoms with Gasteiger partial charge in [-0.2, -0.15) is 0 Å². The van der Waals surface area contributed by atoms with Crippen LogP contribution in [0.3, 0.4) is 0 Å². The monoisotopic (exact) mass is 401 g/mol. The number of aliphatic hydroxyl groups is 1. The third-order valence-electron chi connectivity index (χ3n) is 5.89. The zero-order valence-corrected chi connectivity index (χ0v) is 16.2. The Kier molecular flexibility index (Phi) is 5.79. The van der Waals surface area contributed by atoms with Gasteiger partial charge in [0.2, 0.25) is 11.8 Å². The molecular formula is C20H27N5O4. The van der Waals surface area contributed by atoms with E-state index in [1.165, 1.54) is 0 Å². The summed E-state index contributed by atoms with van der Waals surface area (Å²) < 4.78 is 0. The molecule has 3 aliphatic rings. The first kappa shape index (κ1) is 19.8. The van der Waals surface area contributed by atoms with Crippen molar-refractivity contribution in [3.63, 3.8) is 0 Å². The number of nitrogens with one attached hydrogen (secondary N) is 4. The molecule has 2 atom stereocenters. The van der Waals surface area contributed by atoms with Gasteiger partial charge in [0.1, 0.15) is 6.23 Å². The summed E-state index contributed by atoms with van der Waals surface area (Å²) in [6, 6.07) is 5.17. The molecule has 0 saturated carbocycles. The molecule has 4 rings (SSSR count). The summed E-state index contributed by atoms with van der Waals surface area (Å²) >= 11 is 0. The third-order valence-corrected chi connectivity index (χ3v) is 5.89. The molecule has 156 valence electrons. The van der Waals surface area contributed by atoms with Crippen LogP contribution in [0.15, 0.2) is 18.2 Å². The number of hydrogen-bond acceptors (Lipinski definition) is 6. The molecule has 4 amide bonds. The van der Waals surface area contributed by atoms with Crippen LogP contribution in [0, 0.1) is 0 Å². The maximum Gasteiger partial charge on any atom is 0.315 e. The van der Waals surface area contributed by atoms with Crippen LogP contribution in [0.25, 0.3) is 0 Å². The zero-order chi connectivity index (χ0) is 20.4. The summed E-state index contributed by atoms with van der Waals surface area (Å²) in [5.41, 5.74) is 2.62. The number of amides is 4. The number of carbonyl (C=O) groups is 3. The van der Waals surface area contributed by atoms with Crippen LogP contribution >= 0.6 is 0 Å². The Labute approximate surface area is 169 Å². The lowest BCUT2D eigenvalue weighted by Gasteiger charge is -2.31. The highest BCUT2D eigenvalue weighted by molar-refractivity contribution is 6.00. The molecule has 2 saturated heterocycles. The highest BCUT2D eigenvalue weighted by atomic mass is 16.3. The molecular weight excluding hydrogens is 374 g/mol. The Bertz CT molecular complexity index is 808. The van der Waals surface area contributed by atoms with E-state index in [9.17, 15) is 19.5 Å². The van der Waals surface area contributed by atoms with E-state index in [2.05, 4.69) is 21.3 Å². The van der Waals surface area contributed by atoms with Gasteiger partial charge in [-0.25, -0.2) is 4.79 Å². The smallest absolute Gasteiger partial charge is 0.315 e. The molecule has 0 aromatic heterocycles. The topological polar surface area (TPSA) is 123 Å². The first-order valence-corrected chi connectivity index (χ1v) is 10.2. The van der Waals surface area contributed by atoms with Gasteiger partial charge >= 0.3 is 6.03 Å². The highest BCUT2D eigenvalue weighted by Crippen LogP contribution is 2.35. The Balaban J connectivity index is 1.34. The molecule has 9 nitrogen and oxygen atoms in total. The largest absolute Gasteiger partial charge is 0.374 e. The van der Waals surface area contributed by atoms with E-state index in [0.29, 0.717) is 19.5 Å². The maximum atomic E-state index is 12.2. The summed E-state index contributed by atoms with van der Waals surface area (Å²) in [5.74, 6) is -0.627. The van der Waals surface area contributed by atoms with Crippen LogP contribution in [0.1, 0.15) is 48.6 Å². The Morgan fingerprint density at radius 3 is 2.76 bits per heavy atom. The lowest BCUT2D eigenvalue weighted by Crippen LogP contribution is -2.51. The Morgan fingerprint density at radius 1 is 1.21 bits per heavy atom. The summed E-state index contributed by atoms with van der Waals surface area (Å²) in [6.07, 6.45) is 1.66. The molecule has 2 fully saturated rings. The predicted octanol–water partition coefficient (Wildman–Crippen LogP) is -0.150. The standard InChI is InChI=1S/C20H27N5O4/c26-17-4-3-16(18(27)24-17)25-11-13-9-12(1-2-15(13)19(25)28)10-22-20(29)23-14-5-7-21-8-6-14/h1-2,9,14,16,19,21,28H,3-8,10-11H2,(H2,22,23,29)(H,24,26,27). The van der Waals surface area contributed by atoms with Gasteiger partial charge in [0.15, 0.2) is 0 Å². The zero-order valence-electron chi connectivity index (χ0n) is 16.2. The minimum Gasteiger partial charge on any atom is -0.374 e. The van der Waals surface area contributed by atoms with Gasteiger partial charge < -0.3 is 21.1 Å². The maximum absolute atomic E-state index is 12.2. The van der Waals surface area contributed by atoms with Crippen molar-refractivity contribution < 1.29 is 19.5 Å². The molecule has 0 radical (unpaired) electrons. The number of fused-ring (bicyclic) bond motifs is 1. The fraction of sp³-hybridized carbons (Fsp3) is 0.550. The van der Waals surface area contributed by atoms with Crippen molar-refractivity contribution in [3.8, 4) is 0 Å². The molecule has 9 heteroatoms. The quantitative estimate of drug-likeness (QED) is 0.447. The lowest BCUT2D eigenvalue weighted by molar-refractivity contribution is -0.141. The van der Waals surface area contributed by atoms with E-state index < -0.39 is 12.3 Å². The SMILES string of the molecule is O=C1CCC(N2Cc3cc(CNC(=O)NC4CCNCC4)ccc3C2O)C(=O)N1. The molecule has 0 aliphatic carbocycles. The van der Waals surface area contributed by atoms with Gasteiger partial charge in [0.25, 0.3) is 0 Å². The minimum atomic E-state index is -0.876. The fourth-order valence-corrected chi connectivity index (χ4v) is 4.28. The second-order valence-corrected chi connectivity index (χ2v) is 7.90. The number of piperidine rings is 2. The number of nitrogens with zero attached hydrogens (tertiary/aromatic N) is 1. The summed E-state index contributed by atoms with van der Waals surface area (Å²) in [4.78, 5) is 37.4. The van der Waals surface area contributed by atoms with E-state index >= 15 is 0 Å². The summed E-state index contributed by atoms with van der Waals surface area (Å²) in [6.45, 7) is 2.65. The van der Waals surface area contributed by atoms with Crippen LogP contribution in [0.2, 0.25) is 0 Å². The summed E-state index contributed by atoms with van der Waals surface area (Å²) in [7, 11) is 0. The first-order valence-electron chi connectivity index (χ1n) is 10.2. The molecule has 1 aromatic carbocycles. The molecule has 0 spiro atoms. The second kappa shape index (κ2) is 8.48. The van der Waals surface area contributed by atoms with Crippen LogP contribution < -0.4 is 21.3 Å². The predicted molar refractivity (Wildman–Crippen MR) is 104 cm³/mol. The number of benzene rings is 1. The van der Waals surface area contributed by atoms with Gasteiger partial charge in [0.05, 0.1) is 6.04 Å². The van der Waals surface area contributed by atoms with Gasteiger partial charge in [0, 0.05) is 25.6 Å². The molecule has 2 unspecified atom stereocenters.